The van der Waals surface area contributed by atoms with E-state index in [-0.39, 0.29) is 23.5 Å². The van der Waals surface area contributed by atoms with Crippen LogP contribution in [0.4, 0.5) is 0 Å². The summed E-state index contributed by atoms with van der Waals surface area (Å²) in [7, 11) is -0.0647. The molecular formula is C19H22BrNO4S. The Morgan fingerprint density at radius 1 is 1.12 bits per heavy atom. The van der Waals surface area contributed by atoms with Gasteiger partial charge in [-0.15, -0.1) is 0 Å². The van der Waals surface area contributed by atoms with E-state index in [1.165, 1.54) is 0 Å². The number of hydrogen-bond donors (Lipinski definition) is 0. The van der Waals surface area contributed by atoms with Gasteiger partial charge in [0, 0.05) is 16.4 Å². The highest BCUT2D eigenvalue weighted by Crippen LogP contribution is 2.37. The smallest absolute Gasteiger partial charge is 0.296 e. The Bertz CT molecular complexity index is 837. The van der Waals surface area contributed by atoms with Crippen LogP contribution in [0.15, 0.2) is 57.9 Å². The maximum absolute atomic E-state index is 12.4. The predicted octanol–water partition coefficient (Wildman–Crippen LogP) is 3.86. The first-order valence-corrected chi connectivity index (χ1v) is 10.6. The zero-order valence-electron chi connectivity index (χ0n) is 14.8. The summed E-state index contributed by atoms with van der Waals surface area (Å²) in [5.41, 5.74) is 1.14. The molecule has 2 aromatic rings. The molecule has 26 heavy (non-hydrogen) atoms. The van der Waals surface area contributed by atoms with Gasteiger partial charge < -0.3 is 4.74 Å². The average molecular weight is 440 g/mol. The molecule has 1 aliphatic rings. The number of ether oxygens (including phenoxy) is 1. The van der Waals surface area contributed by atoms with Gasteiger partial charge in [0.1, 0.15) is 5.75 Å². The van der Waals surface area contributed by atoms with Crippen LogP contribution in [0.3, 0.4) is 0 Å². The maximum atomic E-state index is 12.4. The van der Waals surface area contributed by atoms with E-state index < -0.39 is 10.1 Å². The monoisotopic (exact) mass is 439 g/mol. The molecule has 140 valence electrons. The van der Waals surface area contributed by atoms with Gasteiger partial charge >= 0.3 is 0 Å². The molecule has 0 spiro atoms. The Kier molecular flexibility index (Phi) is 6.02. The Hall–Kier alpha value is -1.41. The van der Waals surface area contributed by atoms with Crippen LogP contribution in [-0.4, -0.2) is 40.6 Å². The van der Waals surface area contributed by atoms with Crippen LogP contribution in [0.25, 0.3) is 0 Å². The molecule has 1 saturated heterocycles. The van der Waals surface area contributed by atoms with E-state index in [2.05, 4.69) is 27.9 Å². The third kappa shape index (κ3) is 4.28. The van der Waals surface area contributed by atoms with Gasteiger partial charge in [0.25, 0.3) is 10.1 Å². The lowest BCUT2D eigenvalue weighted by Gasteiger charge is -2.25. The molecule has 3 rings (SSSR count). The normalized spacial score (nSPS) is 21.0. The van der Waals surface area contributed by atoms with Gasteiger partial charge in [0.2, 0.25) is 0 Å². The van der Waals surface area contributed by atoms with E-state index in [4.69, 9.17) is 8.92 Å². The average Bonchev–Trinajstić information content (AvgIpc) is 3.01. The van der Waals surface area contributed by atoms with E-state index in [0.717, 1.165) is 28.8 Å². The Labute approximate surface area is 163 Å². The molecular weight excluding hydrogens is 418 g/mol. The topological polar surface area (TPSA) is 55.8 Å². The molecule has 7 heteroatoms. The SMILES string of the molecule is COc1ccc([C@H]2[C@H](COS(=O)(=O)c3ccc(Br)cc3)CCN2C)cc1. The first-order valence-electron chi connectivity index (χ1n) is 8.40. The highest BCUT2D eigenvalue weighted by atomic mass is 79.9. The second kappa shape index (κ2) is 8.08. The van der Waals surface area contributed by atoms with Gasteiger partial charge in [-0.25, -0.2) is 0 Å². The van der Waals surface area contributed by atoms with Crippen molar-refractivity contribution in [2.75, 3.05) is 27.3 Å². The number of hydrogen-bond acceptors (Lipinski definition) is 5. The fraction of sp³-hybridized carbons (Fsp3) is 0.368. The number of halogens is 1. The minimum atomic E-state index is -3.76. The molecule has 0 radical (unpaired) electrons. The number of methoxy groups -OCH3 is 1. The van der Waals surface area contributed by atoms with Crippen LogP contribution >= 0.6 is 15.9 Å². The molecule has 0 aliphatic carbocycles. The first kappa shape index (κ1) is 19.4. The van der Waals surface area contributed by atoms with Crippen LogP contribution in [0, 0.1) is 5.92 Å². The molecule has 0 amide bonds. The minimum absolute atomic E-state index is 0.110. The van der Waals surface area contributed by atoms with Crippen molar-refractivity contribution < 1.29 is 17.3 Å². The zero-order chi connectivity index (χ0) is 18.7. The van der Waals surface area contributed by atoms with Crippen LogP contribution in [0.5, 0.6) is 5.75 Å². The van der Waals surface area contributed by atoms with Crippen molar-refractivity contribution in [3.05, 3.63) is 58.6 Å². The largest absolute Gasteiger partial charge is 0.497 e. The highest BCUT2D eigenvalue weighted by molar-refractivity contribution is 9.10. The van der Waals surface area contributed by atoms with E-state index in [9.17, 15) is 8.42 Å². The first-order chi connectivity index (χ1) is 12.4. The van der Waals surface area contributed by atoms with Crippen molar-refractivity contribution in [1.82, 2.24) is 4.90 Å². The lowest BCUT2D eigenvalue weighted by atomic mass is 9.94. The van der Waals surface area contributed by atoms with E-state index in [1.54, 1.807) is 31.4 Å². The highest BCUT2D eigenvalue weighted by Gasteiger charge is 2.34. The van der Waals surface area contributed by atoms with Crippen molar-refractivity contribution in [3.8, 4) is 5.75 Å². The summed E-state index contributed by atoms with van der Waals surface area (Å²) in [6, 6.07) is 14.5. The summed E-state index contributed by atoms with van der Waals surface area (Å²) in [6.07, 6.45) is 0.892. The summed E-state index contributed by atoms with van der Waals surface area (Å²) >= 11 is 3.31. The Morgan fingerprint density at radius 2 is 1.77 bits per heavy atom. The molecule has 0 N–H and O–H groups in total. The van der Waals surface area contributed by atoms with E-state index in [1.807, 2.05) is 24.3 Å². The molecule has 0 bridgehead atoms. The molecule has 0 aromatic heterocycles. The number of benzene rings is 2. The molecule has 1 aliphatic heterocycles. The van der Waals surface area contributed by atoms with Crippen molar-refractivity contribution in [2.45, 2.75) is 17.4 Å². The van der Waals surface area contributed by atoms with Gasteiger partial charge in [0.05, 0.1) is 18.6 Å². The minimum Gasteiger partial charge on any atom is -0.497 e. The van der Waals surface area contributed by atoms with Gasteiger partial charge in [-0.2, -0.15) is 8.42 Å². The third-order valence-electron chi connectivity index (χ3n) is 4.77. The van der Waals surface area contributed by atoms with Crippen molar-refractivity contribution in [2.24, 2.45) is 5.92 Å². The quantitative estimate of drug-likeness (QED) is 0.639. The maximum Gasteiger partial charge on any atom is 0.296 e. The Balaban J connectivity index is 1.72. The summed E-state index contributed by atoms with van der Waals surface area (Å²) in [4.78, 5) is 2.41. The van der Waals surface area contributed by atoms with Crippen LogP contribution in [-0.2, 0) is 14.3 Å². The molecule has 1 fully saturated rings. The summed E-state index contributed by atoms with van der Waals surface area (Å²) in [6.45, 7) is 1.07. The molecule has 0 saturated carbocycles. The van der Waals surface area contributed by atoms with E-state index >= 15 is 0 Å². The standard InChI is InChI=1S/C19H22BrNO4S/c1-21-12-11-15(19(21)14-3-7-17(24-2)8-4-14)13-25-26(22,23)18-9-5-16(20)6-10-18/h3-10,15,19H,11-13H2,1-2H3/t15-,19-/m0/s1. The van der Waals surface area contributed by atoms with Crippen LogP contribution < -0.4 is 4.74 Å². The predicted molar refractivity (Wildman–Crippen MR) is 104 cm³/mol. The molecule has 0 unspecified atom stereocenters. The summed E-state index contributed by atoms with van der Waals surface area (Å²) < 4.78 is 36.3. The zero-order valence-corrected chi connectivity index (χ0v) is 17.2. The fourth-order valence-corrected chi connectivity index (χ4v) is 4.60. The Morgan fingerprint density at radius 3 is 2.38 bits per heavy atom. The lowest BCUT2D eigenvalue weighted by Crippen LogP contribution is -2.24. The number of nitrogens with zero attached hydrogens (tertiary/aromatic N) is 1. The van der Waals surface area contributed by atoms with Gasteiger partial charge in [-0.1, -0.05) is 28.1 Å². The fourth-order valence-electron chi connectivity index (χ4n) is 3.37. The third-order valence-corrected chi connectivity index (χ3v) is 6.60. The lowest BCUT2D eigenvalue weighted by molar-refractivity contribution is 0.202. The van der Waals surface area contributed by atoms with Crippen molar-refractivity contribution >= 4 is 26.0 Å². The molecule has 2 aromatic carbocycles. The second-order valence-corrected chi connectivity index (χ2v) is 8.97. The molecule has 5 nitrogen and oxygen atoms in total. The van der Waals surface area contributed by atoms with Gasteiger partial charge in [0.15, 0.2) is 0 Å². The number of likely N-dealkylation sites (tertiary alicyclic amines) is 1. The van der Waals surface area contributed by atoms with Crippen LogP contribution in [0.2, 0.25) is 0 Å². The van der Waals surface area contributed by atoms with E-state index in [0.29, 0.717) is 0 Å². The summed E-state index contributed by atoms with van der Waals surface area (Å²) in [5, 5.41) is 0. The number of rotatable bonds is 6. The van der Waals surface area contributed by atoms with Gasteiger partial charge in [-0.05, 0) is 62.0 Å². The second-order valence-electron chi connectivity index (χ2n) is 6.44. The van der Waals surface area contributed by atoms with Crippen LogP contribution in [0.1, 0.15) is 18.0 Å². The molecule has 2 atom stereocenters. The van der Waals surface area contributed by atoms with Crippen molar-refractivity contribution in [3.63, 3.8) is 0 Å². The summed E-state index contributed by atoms with van der Waals surface area (Å²) in [5.74, 6) is 0.915. The molecule has 1 heterocycles. The van der Waals surface area contributed by atoms with Crippen molar-refractivity contribution in [1.29, 1.82) is 0 Å². The van der Waals surface area contributed by atoms with Gasteiger partial charge in [-0.3, -0.25) is 9.08 Å².